The molecule has 1 fully saturated rings. The van der Waals surface area contributed by atoms with Gasteiger partial charge in [0.2, 0.25) is 5.91 Å². The summed E-state index contributed by atoms with van der Waals surface area (Å²) in [7, 11) is 0. The highest BCUT2D eigenvalue weighted by molar-refractivity contribution is 9.10. The summed E-state index contributed by atoms with van der Waals surface area (Å²) in [6.45, 7) is 3.19. The van der Waals surface area contributed by atoms with Crippen molar-refractivity contribution in [3.63, 3.8) is 0 Å². The van der Waals surface area contributed by atoms with Gasteiger partial charge in [0.25, 0.3) is 0 Å². The lowest BCUT2D eigenvalue weighted by Gasteiger charge is -2.21. The molecule has 1 saturated heterocycles. The van der Waals surface area contributed by atoms with Gasteiger partial charge >= 0.3 is 0 Å². The number of hydrogen-bond acceptors (Lipinski definition) is 2. The van der Waals surface area contributed by atoms with Crippen molar-refractivity contribution in [2.24, 2.45) is 0 Å². The molecule has 1 aliphatic rings. The van der Waals surface area contributed by atoms with Crippen LogP contribution in [0.5, 0.6) is 0 Å². The van der Waals surface area contributed by atoms with E-state index in [2.05, 4.69) is 15.9 Å². The Bertz CT molecular complexity index is 494. The molecular weight excluding hydrogens is 318 g/mol. The van der Waals surface area contributed by atoms with Crippen LogP contribution in [-0.2, 0) is 4.79 Å². The van der Waals surface area contributed by atoms with E-state index in [0.717, 1.165) is 29.4 Å². The Labute approximate surface area is 128 Å². The predicted molar refractivity (Wildman–Crippen MR) is 84.2 cm³/mol. The first-order valence-electron chi connectivity index (χ1n) is 6.91. The van der Waals surface area contributed by atoms with Crippen molar-refractivity contribution in [1.82, 2.24) is 4.90 Å². The highest BCUT2D eigenvalue weighted by Crippen LogP contribution is 2.21. The van der Waals surface area contributed by atoms with Crippen molar-refractivity contribution in [1.29, 1.82) is 0 Å². The summed E-state index contributed by atoms with van der Waals surface area (Å²) in [5, 5.41) is 10.0. The molecule has 1 aromatic rings. The minimum Gasteiger partial charge on any atom is -0.390 e. The highest BCUT2D eigenvalue weighted by Gasteiger charge is 2.26. The van der Waals surface area contributed by atoms with Crippen LogP contribution in [0.15, 0.2) is 34.8 Å². The topological polar surface area (TPSA) is 40.5 Å². The van der Waals surface area contributed by atoms with Gasteiger partial charge in [0, 0.05) is 23.6 Å². The lowest BCUT2D eigenvalue weighted by atomic mass is 9.98. The smallest absolute Gasteiger partial charge is 0.246 e. The second-order valence-corrected chi connectivity index (χ2v) is 6.48. The van der Waals surface area contributed by atoms with E-state index in [1.165, 1.54) is 0 Å². The third kappa shape index (κ3) is 4.46. The van der Waals surface area contributed by atoms with Crippen LogP contribution in [0, 0.1) is 0 Å². The molecular formula is C16H20BrNO2. The maximum absolute atomic E-state index is 12.2. The SMILES string of the molecule is CC1(O)CCCN(C(=O)/C=C/c2ccc(Br)cc2)CC1. The van der Waals surface area contributed by atoms with Crippen molar-refractivity contribution in [3.05, 3.63) is 40.4 Å². The number of aliphatic hydroxyl groups is 1. The number of halogens is 1. The Morgan fingerprint density at radius 1 is 1.30 bits per heavy atom. The van der Waals surface area contributed by atoms with Crippen LogP contribution >= 0.6 is 15.9 Å². The second-order valence-electron chi connectivity index (χ2n) is 5.56. The summed E-state index contributed by atoms with van der Waals surface area (Å²) in [6.07, 6.45) is 5.70. The highest BCUT2D eigenvalue weighted by atomic mass is 79.9. The molecule has 1 aliphatic heterocycles. The van der Waals surface area contributed by atoms with Crippen molar-refractivity contribution in [2.75, 3.05) is 13.1 Å². The van der Waals surface area contributed by atoms with Gasteiger partial charge in [0.15, 0.2) is 0 Å². The molecule has 1 atom stereocenters. The summed E-state index contributed by atoms with van der Waals surface area (Å²) < 4.78 is 1.02. The van der Waals surface area contributed by atoms with E-state index in [1.807, 2.05) is 42.2 Å². The maximum Gasteiger partial charge on any atom is 0.246 e. The molecule has 1 aromatic carbocycles. The van der Waals surface area contributed by atoms with Gasteiger partial charge < -0.3 is 10.0 Å². The van der Waals surface area contributed by atoms with E-state index < -0.39 is 5.60 Å². The van der Waals surface area contributed by atoms with Crippen LogP contribution in [-0.4, -0.2) is 34.6 Å². The van der Waals surface area contributed by atoms with Crippen LogP contribution in [0.2, 0.25) is 0 Å². The zero-order chi connectivity index (χ0) is 14.6. The monoisotopic (exact) mass is 337 g/mol. The fraction of sp³-hybridized carbons (Fsp3) is 0.438. The molecule has 2 rings (SSSR count). The third-order valence-electron chi connectivity index (χ3n) is 3.66. The van der Waals surface area contributed by atoms with Gasteiger partial charge in [-0.05, 0) is 50.0 Å². The number of likely N-dealkylation sites (tertiary alicyclic amines) is 1. The molecule has 1 amide bonds. The molecule has 0 spiro atoms. The first-order valence-corrected chi connectivity index (χ1v) is 7.70. The van der Waals surface area contributed by atoms with E-state index in [4.69, 9.17) is 0 Å². The zero-order valence-corrected chi connectivity index (χ0v) is 13.3. The first kappa shape index (κ1) is 15.3. The van der Waals surface area contributed by atoms with Crippen LogP contribution in [0.1, 0.15) is 31.7 Å². The summed E-state index contributed by atoms with van der Waals surface area (Å²) in [6, 6.07) is 7.82. The van der Waals surface area contributed by atoms with E-state index in [0.29, 0.717) is 13.0 Å². The van der Waals surface area contributed by atoms with Gasteiger partial charge in [-0.1, -0.05) is 28.1 Å². The quantitative estimate of drug-likeness (QED) is 0.841. The summed E-state index contributed by atoms with van der Waals surface area (Å²) >= 11 is 3.38. The van der Waals surface area contributed by atoms with Gasteiger partial charge in [-0.3, -0.25) is 4.79 Å². The average Bonchev–Trinajstić information content (AvgIpc) is 2.59. The van der Waals surface area contributed by atoms with Crippen molar-refractivity contribution in [3.8, 4) is 0 Å². The van der Waals surface area contributed by atoms with Gasteiger partial charge in [-0.25, -0.2) is 0 Å². The second kappa shape index (κ2) is 6.55. The Kier molecular flexibility index (Phi) is 5.00. The fourth-order valence-electron chi connectivity index (χ4n) is 2.33. The van der Waals surface area contributed by atoms with Gasteiger partial charge in [0.05, 0.1) is 5.60 Å². The minimum absolute atomic E-state index is 0.0191. The Hall–Kier alpha value is -1.13. The number of hydrogen-bond donors (Lipinski definition) is 1. The molecule has 108 valence electrons. The molecule has 0 aromatic heterocycles. The molecule has 0 saturated carbocycles. The van der Waals surface area contributed by atoms with Gasteiger partial charge in [-0.15, -0.1) is 0 Å². The molecule has 4 heteroatoms. The molecule has 0 bridgehead atoms. The van der Waals surface area contributed by atoms with Gasteiger partial charge in [-0.2, -0.15) is 0 Å². The van der Waals surface area contributed by atoms with Crippen LogP contribution in [0.25, 0.3) is 6.08 Å². The van der Waals surface area contributed by atoms with Crippen LogP contribution in [0.3, 0.4) is 0 Å². The third-order valence-corrected chi connectivity index (χ3v) is 4.19. The number of carbonyl (C=O) groups is 1. The van der Waals surface area contributed by atoms with E-state index in [1.54, 1.807) is 6.08 Å². The standard InChI is InChI=1S/C16H20BrNO2/c1-16(20)9-2-11-18(12-10-16)15(19)8-5-13-3-6-14(17)7-4-13/h3-8,20H,2,9-12H2,1H3/b8-5+. The van der Waals surface area contributed by atoms with Gasteiger partial charge in [0.1, 0.15) is 0 Å². The fourth-order valence-corrected chi connectivity index (χ4v) is 2.59. The van der Waals surface area contributed by atoms with Crippen molar-refractivity contribution in [2.45, 2.75) is 31.8 Å². The minimum atomic E-state index is -0.634. The predicted octanol–water partition coefficient (Wildman–Crippen LogP) is 3.23. The van der Waals surface area contributed by atoms with Crippen LogP contribution in [0.4, 0.5) is 0 Å². The lowest BCUT2D eigenvalue weighted by molar-refractivity contribution is -0.126. The van der Waals surface area contributed by atoms with Crippen LogP contribution < -0.4 is 0 Å². The summed E-state index contributed by atoms with van der Waals surface area (Å²) in [5.41, 5.74) is 0.369. The number of nitrogens with zero attached hydrogens (tertiary/aromatic N) is 1. The summed E-state index contributed by atoms with van der Waals surface area (Å²) in [4.78, 5) is 14.0. The molecule has 1 heterocycles. The number of amides is 1. The molecule has 3 nitrogen and oxygen atoms in total. The number of carbonyl (C=O) groups excluding carboxylic acids is 1. The molecule has 1 unspecified atom stereocenters. The zero-order valence-electron chi connectivity index (χ0n) is 11.7. The molecule has 0 radical (unpaired) electrons. The Balaban J connectivity index is 1.96. The summed E-state index contributed by atoms with van der Waals surface area (Å²) in [5.74, 6) is 0.0191. The van der Waals surface area contributed by atoms with E-state index >= 15 is 0 Å². The maximum atomic E-state index is 12.2. The van der Waals surface area contributed by atoms with E-state index in [9.17, 15) is 9.90 Å². The van der Waals surface area contributed by atoms with Crippen molar-refractivity contribution >= 4 is 27.9 Å². The normalized spacial score (nSPS) is 23.9. The number of rotatable bonds is 2. The average molecular weight is 338 g/mol. The number of benzene rings is 1. The lowest BCUT2D eigenvalue weighted by Crippen LogP contribution is -2.32. The molecule has 1 N–H and O–H groups in total. The van der Waals surface area contributed by atoms with E-state index in [-0.39, 0.29) is 5.91 Å². The molecule has 0 aliphatic carbocycles. The Morgan fingerprint density at radius 3 is 2.70 bits per heavy atom. The first-order chi connectivity index (χ1) is 9.46. The molecule has 20 heavy (non-hydrogen) atoms. The Morgan fingerprint density at radius 2 is 2.00 bits per heavy atom. The van der Waals surface area contributed by atoms with Crippen molar-refractivity contribution < 1.29 is 9.90 Å². The largest absolute Gasteiger partial charge is 0.390 e.